The molecule has 112 valence electrons. The molecule has 0 radical (unpaired) electrons. The van der Waals surface area contributed by atoms with Gasteiger partial charge in [-0.25, -0.2) is 0 Å². The molecule has 20 heavy (non-hydrogen) atoms. The molecule has 2 fully saturated rings. The summed E-state index contributed by atoms with van der Waals surface area (Å²) in [7, 11) is 2.07. The fourth-order valence-corrected chi connectivity index (χ4v) is 3.63. The van der Waals surface area contributed by atoms with Gasteiger partial charge >= 0.3 is 0 Å². The van der Waals surface area contributed by atoms with E-state index in [4.69, 9.17) is 0 Å². The maximum Gasteiger partial charge on any atom is 0.0563 e. The smallest absolute Gasteiger partial charge is 0.0563 e. The standard InChI is InChI=1S/C16H28N4/c1-17-15-8-10-19(12-15)16-7-9-18-20(13-16)11-14-5-3-2-4-6-14/h7,9,13-15,17-18H,2-6,8,10-12H2,1H3/t15-/m1/s1. The van der Waals surface area contributed by atoms with Crippen LogP contribution in [0, 0.1) is 5.92 Å². The highest BCUT2D eigenvalue weighted by Crippen LogP contribution is 2.25. The summed E-state index contributed by atoms with van der Waals surface area (Å²) in [5, 5.41) is 5.68. The predicted molar refractivity (Wildman–Crippen MR) is 82.7 cm³/mol. The third kappa shape index (κ3) is 3.29. The number of nitrogens with one attached hydrogen (secondary N) is 2. The molecule has 0 aromatic carbocycles. The maximum atomic E-state index is 3.39. The molecular weight excluding hydrogens is 248 g/mol. The summed E-state index contributed by atoms with van der Waals surface area (Å²) in [6.45, 7) is 3.44. The van der Waals surface area contributed by atoms with Crippen molar-refractivity contribution in [3.63, 3.8) is 0 Å². The Labute approximate surface area is 122 Å². The van der Waals surface area contributed by atoms with Crippen LogP contribution in [0.3, 0.4) is 0 Å². The van der Waals surface area contributed by atoms with Gasteiger partial charge in [-0.2, -0.15) is 0 Å². The van der Waals surface area contributed by atoms with Gasteiger partial charge in [0, 0.05) is 38.1 Å². The van der Waals surface area contributed by atoms with E-state index in [2.05, 4.69) is 46.2 Å². The fraction of sp³-hybridized carbons (Fsp3) is 0.750. The molecule has 1 aliphatic carbocycles. The normalized spacial score (nSPS) is 27.6. The SMILES string of the molecule is CN[C@@H]1CCN(C2=CN(CC3CCCCC3)NC=C2)C1. The Hall–Kier alpha value is -1.16. The summed E-state index contributed by atoms with van der Waals surface area (Å²) in [6, 6.07) is 0.644. The van der Waals surface area contributed by atoms with Crippen LogP contribution in [0.4, 0.5) is 0 Å². The Bertz CT molecular complexity index is 371. The van der Waals surface area contributed by atoms with Crippen molar-refractivity contribution >= 4 is 0 Å². The van der Waals surface area contributed by atoms with E-state index < -0.39 is 0 Å². The molecule has 1 saturated carbocycles. The Morgan fingerprint density at radius 3 is 2.85 bits per heavy atom. The Morgan fingerprint density at radius 1 is 1.25 bits per heavy atom. The van der Waals surface area contributed by atoms with Crippen molar-refractivity contribution in [1.82, 2.24) is 20.7 Å². The lowest BCUT2D eigenvalue weighted by Gasteiger charge is -2.32. The van der Waals surface area contributed by atoms with Crippen LogP contribution in [0.25, 0.3) is 0 Å². The zero-order chi connectivity index (χ0) is 13.8. The van der Waals surface area contributed by atoms with Gasteiger partial charge in [-0.1, -0.05) is 19.3 Å². The Morgan fingerprint density at radius 2 is 2.10 bits per heavy atom. The fourth-order valence-electron chi connectivity index (χ4n) is 3.63. The number of hydrazine groups is 1. The zero-order valence-electron chi connectivity index (χ0n) is 12.6. The minimum atomic E-state index is 0.644. The minimum absolute atomic E-state index is 0.644. The molecule has 0 unspecified atom stereocenters. The summed E-state index contributed by atoms with van der Waals surface area (Å²) in [6.07, 6.45) is 14.9. The average Bonchev–Trinajstić information content (AvgIpc) is 2.98. The third-order valence-electron chi connectivity index (χ3n) is 4.92. The number of hydrogen-bond acceptors (Lipinski definition) is 4. The van der Waals surface area contributed by atoms with Gasteiger partial charge in [0.1, 0.15) is 0 Å². The monoisotopic (exact) mass is 276 g/mol. The summed E-state index contributed by atoms with van der Waals surface area (Å²) in [4.78, 5) is 2.49. The second-order valence-electron chi connectivity index (χ2n) is 6.39. The van der Waals surface area contributed by atoms with E-state index in [1.807, 2.05) is 0 Å². The van der Waals surface area contributed by atoms with Gasteiger partial charge in [0.05, 0.1) is 5.70 Å². The van der Waals surface area contributed by atoms with Crippen LogP contribution in [0.5, 0.6) is 0 Å². The first-order chi connectivity index (χ1) is 9.85. The number of hydrogen-bond donors (Lipinski definition) is 2. The molecule has 1 saturated heterocycles. The van der Waals surface area contributed by atoms with E-state index in [0.717, 1.165) is 19.0 Å². The third-order valence-corrected chi connectivity index (χ3v) is 4.92. The summed E-state index contributed by atoms with van der Waals surface area (Å²) in [5.74, 6) is 0.865. The first kappa shape index (κ1) is 13.8. The van der Waals surface area contributed by atoms with E-state index in [0.29, 0.717) is 6.04 Å². The molecule has 0 amide bonds. The van der Waals surface area contributed by atoms with Gasteiger partial charge in [-0.05, 0) is 38.3 Å². The van der Waals surface area contributed by atoms with E-state index in [1.165, 1.54) is 50.8 Å². The number of likely N-dealkylation sites (N-methyl/N-ethyl adjacent to an activating group) is 1. The van der Waals surface area contributed by atoms with Crippen LogP contribution in [-0.2, 0) is 0 Å². The maximum absolute atomic E-state index is 3.39. The molecule has 0 bridgehead atoms. The van der Waals surface area contributed by atoms with Crippen molar-refractivity contribution in [2.75, 3.05) is 26.7 Å². The Kier molecular flexibility index (Phi) is 4.51. The molecule has 4 nitrogen and oxygen atoms in total. The highest BCUT2D eigenvalue weighted by Gasteiger charge is 2.23. The first-order valence-corrected chi connectivity index (χ1v) is 8.18. The zero-order valence-corrected chi connectivity index (χ0v) is 12.6. The van der Waals surface area contributed by atoms with Crippen LogP contribution in [0.1, 0.15) is 38.5 Å². The highest BCUT2D eigenvalue weighted by molar-refractivity contribution is 5.20. The van der Waals surface area contributed by atoms with E-state index in [-0.39, 0.29) is 0 Å². The molecule has 0 spiro atoms. The molecule has 2 aliphatic heterocycles. The second-order valence-corrected chi connectivity index (χ2v) is 6.39. The minimum Gasteiger partial charge on any atom is -0.369 e. The van der Waals surface area contributed by atoms with Crippen molar-refractivity contribution < 1.29 is 0 Å². The summed E-state index contributed by atoms with van der Waals surface area (Å²) >= 11 is 0. The molecular formula is C16H28N4. The topological polar surface area (TPSA) is 30.5 Å². The molecule has 0 aromatic rings. The Balaban J connectivity index is 1.56. The van der Waals surface area contributed by atoms with Crippen molar-refractivity contribution in [2.45, 2.75) is 44.6 Å². The van der Waals surface area contributed by atoms with E-state index >= 15 is 0 Å². The number of rotatable bonds is 4. The summed E-state index contributed by atoms with van der Waals surface area (Å²) < 4.78 is 0. The highest BCUT2D eigenvalue weighted by atomic mass is 15.5. The van der Waals surface area contributed by atoms with E-state index in [1.54, 1.807) is 0 Å². The number of nitrogens with zero attached hydrogens (tertiary/aromatic N) is 2. The van der Waals surface area contributed by atoms with Gasteiger partial charge < -0.3 is 15.6 Å². The van der Waals surface area contributed by atoms with Gasteiger partial charge in [0.2, 0.25) is 0 Å². The van der Waals surface area contributed by atoms with Crippen LogP contribution in [-0.4, -0.2) is 42.6 Å². The van der Waals surface area contributed by atoms with Gasteiger partial charge in [0.25, 0.3) is 0 Å². The quantitative estimate of drug-likeness (QED) is 0.822. The molecule has 4 heteroatoms. The van der Waals surface area contributed by atoms with Crippen LogP contribution in [0.15, 0.2) is 24.2 Å². The van der Waals surface area contributed by atoms with Crippen molar-refractivity contribution in [3.8, 4) is 0 Å². The molecule has 2 heterocycles. The molecule has 2 N–H and O–H groups in total. The molecule has 3 aliphatic rings. The van der Waals surface area contributed by atoms with Gasteiger partial charge in [-0.3, -0.25) is 5.01 Å². The molecule has 0 aromatic heterocycles. The second kappa shape index (κ2) is 6.53. The summed E-state index contributed by atoms with van der Waals surface area (Å²) in [5.41, 5.74) is 4.74. The van der Waals surface area contributed by atoms with Crippen molar-refractivity contribution in [3.05, 3.63) is 24.2 Å². The lowest BCUT2D eigenvalue weighted by atomic mass is 9.89. The van der Waals surface area contributed by atoms with Gasteiger partial charge in [0.15, 0.2) is 0 Å². The van der Waals surface area contributed by atoms with Crippen LogP contribution < -0.4 is 10.7 Å². The van der Waals surface area contributed by atoms with Crippen LogP contribution in [0.2, 0.25) is 0 Å². The largest absolute Gasteiger partial charge is 0.369 e. The molecule has 3 rings (SSSR count). The average molecular weight is 276 g/mol. The number of allylic oxidation sites excluding steroid dienone is 1. The van der Waals surface area contributed by atoms with Crippen molar-refractivity contribution in [1.29, 1.82) is 0 Å². The van der Waals surface area contributed by atoms with Crippen molar-refractivity contribution in [2.24, 2.45) is 5.92 Å². The van der Waals surface area contributed by atoms with Crippen LogP contribution >= 0.6 is 0 Å². The van der Waals surface area contributed by atoms with Gasteiger partial charge in [-0.15, -0.1) is 0 Å². The molecule has 1 atom stereocenters. The first-order valence-electron chi connectivity index (χ1n) is 8.18. The lowest BCUT2D eigenvalue weighted by Crippen LogP contribution is -2.38. The lowest BCUT2D eigenvalue weighted by molar-refractivity contribution is 0.214. The number of likely N-dealkylation sites (tertiary alicyclic amines) is 1. The van der Waals surface area contributed by atoms with E-state index in [9.17, 15) is 0 Å². The predicted octanol–water partition coefficient (Wildman–Crippen LogP) is 2.04.